The summed E-state index contributed by atoms with van der Waals surface area (Å²) < 4.78 is 0. The molecule has 0 aliphatic rings. The van der Waals surface area contributed by atoms with E-state index in [4.69, 9.17) is 10.2 Å². The molecule has 0 fully saturated rings. The third-order valence-electron chi connectivity index (χ3n) is 3.18. The van der Waals surface area contributed by atoms with E-state index in [9.17, 15) is 24.0 Å². The number of carboxylic acids is 2. The van der Waals surface area contributed by atoms with Gasteiger partial charge in [0, 0.05) is 18.1 Å². The van der Waals surface area contributed by atoms with Crippen LogP contribution in [0.5, 0.6) is 0 Å². The molecule has 1 atom stereocenters. The Balaban J connectivity index is 2.49. The van der Waals surface area contributed by atoms with Crippen molar-refractivity contribution in [2.24, 2.45) is 0 Å². The number of aldehydes is 1. The molecule has 138 valence electrons. The molecule has 26 heavy (non-hydrogen) atoms. The molecule has 0 aromatic heterocycles. The van der Waals surface area contributed by atoms with Crippen LogP contribution in [0.1, 0.15) is 28.8 Å². The van der Waals surface area contributed by atoms with Crippen molar-refractivity contribution in [3.05, 3.63) is 41.5 Å². The molecule has 2 amide bonds. The molecule has 9 nitrogen and oxygen atoms in total. The first kappa shape index (κ1) is 20.6. The van der Waals surface area contributed by atoms with Gasteiger partial charge in [0.25, 0.3) is 5.91 Å². The summed E-state index contributed by atoms with van der Waals surface area (Å²) in [5.74, 6) is -3.32. The molecule has 0 unspecified atom stereocenters. The number of rotatable bonds is 10. The zero-order chi connectivity index (χ0) is 19.5. The average Bonchev–Trinajstić information content (AvgIpc) is 2.61. The van der Waals surface area contributed by atoms with Gasteiger partial charge in [-0.1, -0.05) is 12.1 Å². The number of hydrogen-bond acceptors (Lipinski definition) is 5. The lowest BCUT2D eigenvalue weighted by Crippen LogP contribution is -2.42. The monoisotopic (exact) mass is 362 g/mol. The van der Waals surface area contributed by atoms with Crippen LogP contribution in [0.3, 0.4) is 0 Å². The van der Waals surface area contributed by atoms with Gasteiger partial charge < -0.3 is 25.6 Å². The van der Waals surface area contributed by atoms with Crippen molar-refractivity contribution in [2.45, 2.75) is 18.9 Å². The lowest BCUT2D eigenvalue weighted by atomic mass is 10.1. The van der Waals surface area contributed by atoms with Crippen LogP contribution in [0.4, 0.5) is 0 Å². The van der Waals surface area contributed by atoms with Gasteiger partial charge in [0.05, 0.1) is 12.6 Å². The minimum atomic E-state index is -1.09. The summed E-state index contributed by atoms with van der Waals surface area (Å²) in [5, 5.41) is 21.8. The molecular formula is C17H18N2O7. The molecule has 4 N–H and O–H groups in total. The molecule has 0 bridgehead atoms. The number of amides is 2. The number of aliphatic carboxylic acids is 2. The van der Waals surface area contributed by atoms with Gasteiger partial charge in [-0.15, -0.1) is 0 Å². The first-order valence-corrected chi connectivity index (χ1v) is 7.57. The second kappa shape index (κ2) is 10.4. The first-order valence-electron chi connectivity index (χ1n) is 7.57. The van der Waals surface area contributed by atoms with Crippen LogP contribution >= 0.6 is 0 Å². The molecule has 1 aromatic rings. The van der Waals surface area contributed by atoms with Crippen molar-refractivity contribution in [1.82, 2.24) is 10.6 Å². The van der Waals surface area contributed by atoms with E-state index in [1.165, 1.54) is 18.2 Å². The average molecular weight is 362 g/mol. The molecule has 0 radical (unpaired) electrons. The van der Waals surface area contributed by atoms with Crippen LogP contribution in [0, 0.1) is 0 Å². The summed E-state index contributed by atoms with van der Waals surface area (Å²) in [5.41, 5.74) is 0.858. The largest absolute Gasteiger partial charge is 0.481 e. The summed E-state index contributed by atoms with van der Waals surface area (Å²) in [7, 11) is 0. The molecular weight excluding hydrogens is 344 g/mol. The highest BCUT2D eigenvalue weighted by molar-refractivity contribution is 5.97. The SMILES string of the molecule is O=C[C@H](CCC(=O)O)NC(=O)CNC(=O)c1ccc(/C=C/C(=O)O)cc1. The number of nitrogens with one attached hydrogen (secondary N) is 2. The zero-order valence-corrected chi connectivity index (χ0v) is 13.7. The number of benzene rings is 1. The topological polar surface area (TPSA) is 150 Å². The van der Waals surface area contributed by atoms with E-state index in [1.807, 2.05) is 0 Å². The number of hydrogen-bond donors (Lipinski definition) is 4. The van der Waals surface area contributed by atoms with E-state index in [0.717, 1.165) is 6.08 Å². The highest BCUT2D eigenvalue weighted by atomic mass is 16.4. The van der Waals surface area contributed by atoms with Gasteiger partial charge in [0.2, 0.25) is 5.91 Å². The molecule has 0 spiro atoms. The maximum absolute atomic E-state index is 11.9. The molecule has 0 saturated carbocycles. The van der Waals surface area contributed by atoms with E-state index in [-0.39, 0.29) is 24.9 Å². The molecule has 0 aliphatic heterocycles. The van der Waals surface area contributed by atoms with Crippen LogP contribution in [0.15, 0.2) is 30.3 Å². The standard InChI is InChI=1S/C17H18N2O7/c20-10-13(6-8-16(24)25)19-14(21)9-18-17(26)12-4-1-11(2-5-12)3-7-15(22)23/h1-5,7,10,13H,6,8-9H2,(H,18,26)(H,19,21)(H,22,23)(H,24,25)/b7-3+/t13-/m0/s1. The molecule has 1 rings (SSSR count). The second-order valence-electron chi connectivity index (χ2n) is 5.22. The normalized spacial score (nSPS) is 11.5. The molecule has 9 heteroatoms. The number of carbonyl (C=O) groups excluding carboxylic acids is 3. The molecule has 0 aliphatic carbocycles. The van der Waals surface area contributed by atoms with Crippen molar-refractivity contribution in [3.63, 3.8) is 0 Å². The Morgan fingerprint density at radius 1 is 1.08 bits per heavy atom. The molecule has 1 aromatic carbocycles. The van der Waals surface area contributed by atoms with E-state index in [2.05, 4.69) is 10.6 Å². The molecule has 0 heterocycles. The summed E-state index contributed by atoms with van der Waals surface area (Å²) in [6.45, 7) is -0.378. The maximum Gasteiger partial charge on any atom is 0.328 e. The fourth-order valence-electron chi connectivity index (χ4n) is 1.89. The van der Waals surface area contributed by atoms with Gasteiger partial charge in [-0.2, -0.15) is 0 Å². The van der Waals surface area contributed by atoms with Crippen molar-refractivity contribution in [1.29, 1.82) is 0 Å². The lowest BCUT2D eigenvalue weighted by Gasteiger charge is -2.12. The van der Waals surface area contributed by atoms with Crippen LogP contribution in [0.25, 0.3) is 6.08 Å². The van der Waals surface area contributed by atoms with E-state index in [1.54, 1.807) is 12.1 Å². The van der Waals surface area contributed by atoms with Crippen molar-refractivity contribution in [2.75, 3.05) is 6.54 Å². The Kier molecular flexibility index (Phi) is 8.21. The predicted octanol–water partition coefficient (Wildman–Crippen LogP) is 0.0627. The van der Waals surface area contributed by atoms with Gasteiger partial charge in [-0.3, -0.25) is 14.4 Å². The van der Waals surface area contributed by atoms with Crippen molar-refractivity contribution in [3.8, 4) is 0 Å². The summed E-state index contributed by atoms with van der Waals surface area (Å²) >= 11 is 0. The third kappa shape index (κ3) is 7.86. The summed E-state index contributed by atoms with van der Waals surface area (Å²) in [6, 6.07) is 5.09. The second-order valence-corrected chi connectivity index (χ2v) is 5.22. The number of carboxylic acid groups (broad SMARTS) is 2. The first-order chi connectivity index (χ1) is 12.3. The minimum Gasteiger partial charge on any atom is -0.481 e. The number of carbonyl (C=O) groups is 5. The van der Waals surface area contributed by atoms with Crippen LogP contribution < -0.4 is 10.6 Å². The summed E-state index contributed by atoms with van der Waals surface area (Å²) in [6.07, 6.45) is 2.47. The fourth-order valence-corrected chi connectivity index (χ4v) is 1.89. The van der Waals surface area contributed by atoms with Gasteiger partial charge in [0.1, 0.15) is 6.29 Å². The van der Waals surface area contributed by atoms with Gasteiger partial charge in [-0.25, -0.2) is 4.79 Å². The highest BCUT2D eigenvalue weighted by Crippen LogP contribution is 2.06. The predicted molar refractivity (Wildman–Crippen MR) is 90.3 cm³/mol. The Bertz CT molecular complexity index is 710. The van der Waals surface area contributed by atoms with Gasteiger partial charge in [-0.05, 0) is 30.2 Å². The van der Waals surface area contributed by atoms with E-state index in [0.29, 0.717) is 11.8 Å². The molecule has 0 saturated heterocycles. The van der Waals surface area contributed by atoms with E-state index >= 15 is 0 Å². The van der Waals surface area contributed by atoms with Gasteiger partial charge >= 0.3 is 11.9 Å². The minimum absolute atomic E-state index is 0.0379. The zero-order valence-electron chi connectivity index (χ0n) is 13.7. The van der Waals surface area contributed by atoms with Gasteiger partial charge in [0.15, 0.2) is 0 Å². The van der Waals surface area contributed by atoms with E-state index < -0.39 is 29.8 Å². The Labute approximate surface area is 148 Å². The fraction of sp³-hybridized carbons (Fsp3) is 0.235. The van der Waals surface area contributed by atoms with Crippen molar-refractivity contribution >= 4 is 36.1 Å². The Morgan fingerprint density at radius 2 is 1.73 bits per heavy atom. The highest BCUT2D eigenvalue weighted by Gasteiger charge is 2.14. The van der Waals surface area contributed by atoms with Crippen LogP contribution in [-0.4, -0.2) is 52.8 Å². The maximum atomic E-state index is 11.9. The third-order valence-corrected chi connectivity index (χ3v) is 3.18. The van der Waals surface area contributed by atoms with Crippen LogP contribution in [0.2, 0.25) is 0 Å². The summed E-state index contributed by atoms with van der Waals surface area (Å²) in [4.78, 5) is 55.3. The van der Waals surface area contributed by atoms with Crippen LogP contribution in [-0.2, 0) is 19.2 Å². The quantitative estimate of drug-likeness (QED) is 0.339. The Morgan fingerprint density at radius 3 is 2.27 bits per heavy atom. The lowest BCUT2D eigenvalue weighted by molar-refractivity contribution is -0.137. The van der Waals surface area contributed by atoms with Crippen molar-refractivity contribution < 1.29 is 34.2 Å². The Hall–Kier alpha value is -3.49. The smallest absolute Gasteiger partial charge is 0.328 e.